The van der Waals surface area contributed by atoms with E-state index in [0.717, 1.165) is 11.1 Å². The van der Waals surface area contributed by atoms with Crippen molar-refractivity contribution in [3.8, 4) is 34.2 Å². The van der Waals surface area contributed by atoms with Gasteiger partial charge in [-0.2, -0.15) is 10.4 Å². The molecule has 3 aromatic rings. The van der Waals surface area contributed by atoms with Crippen LogP contribution in [0, 0.1) is 11.3 Å². The number of aromatic nitrogens is 3. The highest BCUT2D eigenvalue weighted by Gasteiger charge is 2.14. The minimum atomic E-state index is -0.0684. The number of rotatable bonds is 5. The SMILES string of the molecule is Cn1cc(-c2cc(-c3cccc(OCCO)c3)c(C#N)c(N)n2)cn1. The van der Waals surface area contributed by atoms with Gasteiger partial charge in [-0.15, -0.1) is 0 Å². The fraction of sp³-hybridized carbons (Fsp3) is 0.167. The van der Waals surface area contributed by atoms with E-state index in [1.807, 2.05) is 31.4 Å². The van der Waals surface area contributed by atoms with Gasteiger partial charge in [0.2, 0.25) is 0 Å². The van der Waals surface area contributed by atoms with Gasteiger partial charge in [0.05, 0.1) is 18.5 Å². The number of hydrogen-bond donors (Lipinski definition) is 2. The fourth-order valence-electron chi connectivity index (χ4n) is 2.53. The molecule has 0 fully saturated rings. The third kappa shape index (κ3) is 3.44. The molecular weight excluding hydrogens is 318 g/mol. The zero-order valence-corrected chi connectivity index (χ0v) is 13.7. The first-order valence-electron chi connectivity index (χ1n) is 7.66. The van der Waals surface area contributed by atoms with E-state index in [2.05, 4.69) is 16.2 Å². The van der Waals surface area contributed by atoms with Crippen molar-refractivity contribution in [3.05, 3.63) is 48.3 Å². The molecule has 0 saturated heterocycles. The summed E-state index contributed by atoms with van der Waals surface area (Å²) < 4.78 is 7.12. The number of nitriles is 1. The van der Waals surface area contributed by atoms with Gasteiger partial charge in [0, 0.05) is 24.4 Å². The van der Waals surface area contributed by atoms with E-state index in [1.165, 1.54) is 0 Å². The number of aliphatic hydroxyl groups excluding tert-OH is 1. The summed E-state index contributed by atoms with van der Waals surface area (Å²) in [6.45, 7) is 0.134. The number of hydrogen-bond acceptors (Lipinski definition) is 6. The molecule has 0 aliphatic rings. The molecule has 7 nitrogen and oxygen atoms in total. The van der Waals surface area contributed by atoms with E-state index in [4.69, 9.17) is 15.6 Å². The smallest absolute Gasteiger partial charge is 0.142 e. The number of aliphatic hydroxyl groups is 1. The van der Waals surface area contributed by atoms with Gasteiger partial charge >= 0.3 is 0 Å². The molecule has 25 heavy (non-hydrogen) atoms. The molecule has 0 amide bonds. The summed E-state index contributed by atoms with van der Waals surface area (Å²) in [6.07, 6.45) is 3.52. The minimum absolute atomic E-state index is 0.0684. The van der Waals surface area contributed by atoms with Crippen LogP contribution >= 0.6 is 0 Å². The van der Waals surface area contributed by atoms with Gasteiger partial charge in [-0.1, -0.05) is 12.1 Å². The summed E-state index contributed by atoms with van der Waals surface area (Å²) in [5.74, 6) is 0.772. The highest BCUT2D eigenvalue weighted by Crippen LogP contribution is 2.32. The molecule has 3 N–H and O–H groups in total. The summed E-state index contributed by atoms with van der Waals surface area (Å²) in [6, 6.07) is 11.2. The van der Waals surface area contributed by atoms with Crippen LogP contribution in [0.5, 0.6) is 5.75 Å². The molecule has 0 aliphatic heterocycles. The Bertz CT molecular complexity index is 943. The topological polar surface area (TPSA) is 110 Å². The maximum Gasteiger partial charge on any atom is 0.142 e. The van der Waals surface area contributed by atoms with Gasteiger partial charge in [0.1, 0.15) is 29.8 Å². The number of nitrogens with two attached hydrogens (primary N) is 1. The van der Waals surface area contributed by atoms with Crippen LogP contribution in [0.15, 0.2) is 42.7 Å². The van der Waals surface area contributed by atoms with Gasteiger partial charge in [0.15, 0.2) is 0 Å². The molecule has 0 radical (unpaired) electrons. The first-order valence-corrected chi connectivity index (χ1v) is 7.66. The average Bonchev–Trinajstić information content (AvgIpc) is 3.06. The number of benzene rings is 1. The molecule has 2 aromatic heterocycles. The second-order valence-electron chi connectivity index (χ2n) is 5.43. The standard InChI is InChI=1S/C18H17N5O2/c1-23-11-13(10-21-23)17-8-15(16(9-19)18(20)22-17)12-3-2-4-14(7-12)25-6-5-24/h2-4,7-8,10-11,24H,5-6H2,1H3,(H2,20,22). The lowest BCUT2D eigenvalue weighted by Gasteiger charge is -2.11. The van der Waals surface area contributed by atoms with Crippen molar-refractivity contribution in [2.24, 2.45) is 7.05 Å². The van der Waals surface area contributed by atoms with E-state index >= 15 is 0 Å². The largest absolute Gasteiger partial charge is 0.491 e. The van der Waals surface area contributed by atoms with Crippen molar-refractivity contribution < 1.29 is 9.84 Å². The Kier molecular flexibility index (Phi) is 4.64. The average molecular weight is 335 g/mol. The molecule has 0 atom stereocenters. The third-order valence-corrected chi connectivity index (χ3v) is 3.66. The van der Waals surface area contributed by atoms with Crippen LogP contribution in [0.4, 0.5) is 5.82 Å². The molecule has 0 saturated carbocycles. The van der Waals surface area contributed by atoms with Gasteiger partial charge < -0.3 is 15.6 Å². The highest BCUT2D eigenvalue weighted by molar-refractivity contribution is 5.80. The third-order valence-electron chi connectivity index (χ3n) is 3.66. The Balaban J connectivity index is 2.11. The van der Waals surface area contributed by atoms with Crippen molar-refractivity contribution in [2.75, 3.05) is 18.9 Å². The van der Waals surface area contributed by atoms with Crippen molar-refractivity contribution in [1.82, 2.24) is 14.8 Å². The molecular formula is C18H17N5O2. The molecule has 3 rings (SSSR count). The molecule has 0 aliphatic carbocycles. The van der Waals surface area contributed by atoms with Crippen LogP contribution < -0.4 is 10.5 Å². The molecule has 126 valence electrons. The van der Waals surface area contributed by atoms with Crippen LogP contribution in [0.3, 0.4) is 0 Å². The molecule has 0 bridgehead atoms. The normalized spacial score (nSPS) is 10.4. The zero-order chi connectivity index (χ0) is 17.8. The number of anilines is 1. The number of nitrogens with zero attached hydrogens (tertiary/aromatic N) is 4. The zero-order valence-electron chi connectivity index (χ0n) is 13.7. The number of pyridine rings is 1. The summed E-state index contributed by atoms with van der Waals surface area (Å²) in [7, 11) is 1.82. The predicted octanol–water partition coefficient (Wildman–Crippen LogP) is 1.97. The van der Waals surface area contributed by atoms with Gasteiger partial charge in [-0.25, -0.2) is 4.98 Å². The van der Waals surface area contributed by atoms with Crippen molar-refractivity contribution in [2.45, 2.75) is 0 Å². The Morgan fingerprint density at radius 2 is 2.16 bits per heavy atom. The van der Waals surface area contributed by atoms with E-state index < -0.39 is 0 Å². The van der Waals surface area contributed by atoms with Crippen LogP contribution in [-0.4, -0.2) is 33.1 Å². The summed E-state index contributed by atoms with van der Waals surface area (Å²) in [4.78, 5) is 4.32. The van der Waals surface area contributed by atoms with Crippen LogP contribution in [0.25, 0.3) is 22.4 Å². The Labute approximate surface area is 144 Å². The maximum atomic E-state index is 9.49. The van der Waals surface area contributed by atoms with Gasteiger partial charge in [-0.3, -0.25) is 4.68 Å². The first kappa shape index (κ1) is 16.5. The van der Waals surface area contributed by atoms with E-state index in [9.17, 15) is 5.26 Å². The summed E-state index contributed by atoms with van der Waals surface area (Å²) >= 11 is 0. The lowest BCUT2D eigenvalue weighted by Crippen LogP contribution is -2.02. The van der Waals surface area contributed by atoms with Crippen LogP contribution in [0.1, 0.15) is 5.56 Å². The van der Waals surface area contributed by atoms with E-state index in [-0.39, 0.29) is 19.0 Å². The Morgan fingerprint density at radius 3 is 2.84 bits per heavy atom. The predicted molar refractivity (Wildman–Crippen MR) is 93.6 cm³/mol. The first-order chi connectivity index (χ1) is 12.1. The van der Waals surface area contributed by atoms with E-state index in [0.29, 0.717) is 22.6 Å². The molecule has 7 heteroatoms. The monoisotopic (exact) mass is 335 g/mol. The molecule has 2 heterocycles. The van der Waals surface area contributed by atoms with Gasteiger partial charge in [0.25, 0.3) is 0 Å². The number of ether oxygens (including phenoxy) is 1. The molecule has 0 unspecified atom stereocenters. The lowest BCUT2D eigenvalue weighted by atomic mass is 9.99. The Morgan fingerprint density at radius 1 is 1.32 bits per heavy atom. The van der Waals surface area contributed by atoms with E-state index in [1.54, 1.807) is 23.0 Å². The Hall–Kier alpha value is -3.37. The number of nitrogen functional groups attached to an aromatic ring is 1. The maximum absolute atomic E-state index is 9.49. The number of aryl methyl sites for hydroxylation is 1. The lowest BCUT2D eigenvalue weighted by molar-refractivity contribution is 0.201. The van der Waals surface area contributed by atoms with Crippen LogP contribution in [0.2, 0.25) is 0 Å². The van der Waals surface area contributed by atoms with Crippen molar-refractivity contribution >= 4 is 5.82 Å². The fourth-order valence-corrected chi connectivity index (χ4v) is 2.53. The van der Waals surface area contributed by atoms with Crippen molar-refractivity contribution in [3.63, 3.8) is 0 Å². The van der Waals surface area contributed by atoms with Crippen molar-refractivity contribution in [1.29, 1.82) is 5.26 Å². The second-order valence-corrected chi connectivity index (χ2v) is 5.43. The molecule has 1 aromatic carbocycles. The summed E-state index contributed by atoms with van der Waals surface area (Å²) in [5, 5.41) is 22.5. The highest BCUT2D eigenvalue weighted by atomic mass is 16.5. The summed E-state index contributed by atoms with van der Waals surface area (Å²) in [5.41, 5.74) is 9.23. The van der Waals surface area contributed by atoms with Gasteiger partial charge in [-0.05, 0) is 23.8 Å². The quantitative estimate of drug-likeness (QED) is 0.737. The second kappa shape index (κ2) is 7.03. The molecule has 0 spiro atoms. The van der Waals surface area contributed by atoms with Crippen LogP contribution in [-0.2, 0) is 7.05 Å². The minimum Gasteiger partial charge on any atom is -0.491 e.